The van der Waals surface area contributed by atoms with Gasteiger partial charge in [0.1, 0.15) is 17.8 Å². The van der Waals surface area contributed by atoms with Crippen LogP contribution in [0.1, 0.15) is 37.8 Å². The van der Waals surface area contributed by atoms with Crippen LogP contribution in [0.25, 0.3) is 5.69 Å². The average Bonchev–Trinajstić information content (AvgIpc) is 3.16. The number of carbonyl (C=O) groups is 1. The number of esters is 1. The van der Waals surface area contributed by atoms with E-state index in [0.29, 0.717) is 17.2 Å². The predicted octanol–water partition coefficient (Wildman–Crippen LogP) is 3.47. The van der Waals surface area contributed by atoms with E-state index in [1.54, 1.807) is 25.1 Å². The van der Waals surface area contributed by atoms with Gasteiger partial charge < -0.3 is 9.47 Å². The summed E-state index contributed by atoms with van der Waals surface area (Å²) < 4.78 is 12.9. The molecule has 2 aromatic carbocycles. The molecule has 0 spiro atoms. The summed E-state index contributed by atoms with van der Waals surface area (Å²) in [6, 6.07) is 13.0. The molecule has 3 aromatic rings. The first kappa shape index (κ1) is 18.6. The van der Waals surface area contributed by atoms with Crippen LogP contribution in [0, 0.1) is 6.92 Å². The zero-order valence-corrected chi connectivity index (χ0v) is 15.8. The van der Waals surface area contributed by atoms with Crippen molar-refractivity contribution in [3.63, 3.8) is 0 Å². The number of carbonyl (C=O) groups excluding carboxylic acids is 1. The molecule has 0 aliphatic heterocycles. The third-order valence-corrected chi connectivity index (χ3v) is 4.08. The highest BCUT2D eigenvalue weighted by atomic mass is 16.6. The Morgan fingerprint density at radius 2 is 1.93 bits per heavy atom. The van der Waals surface area contributed by atoms with Crippen molar-refractivity contribution in [2.75, 3.05) is 0 Å². The molecule has 0 saturated heterocycles. The molecule has 0 N–H and O–H groups in total. The summed E-state index contributed by atoms with van der Waals surface area (Å²) in [4.78, 5) is 12.5. The zero-order chi connectivity index (χ0) is 19.4. The first-order chi connectivity index (χ1) is 12.9. The fourth-order valence-electron chi connectivity index (χ4n) is 2.63. The Kier molecular flexibility index (Phi) is 5.49. The van der Waals surface area contributed by atoms with E-state index < -0.39 is 12.1 Å². The van der Waals surface area contributed by atoms with Crippen LogP contribution in [0.5, 0.6) is 11.5 Å². The summed E-state index contributed by atoms with van der Waals surface area (Å²) in [7, 11) is 0. The van der Waals surface area contributed by atoms with E-state index in [0.717, 1.165) is 11.1 Å². The van der Waals surface area contributed by atoms with E-state index in [2.05, 4.69) is 29.4 Å². The molecular weight excluding hydrogens is 344 g/mol. The minimum atomic E-state index is -0.749. The lowest BCUT2D eigenvalue weighted by Crippen LogP contribution is -2.29. The summed E-state index contributed by atoms with van der Waals surface area (Å²) in [6.07, 6.45) is 0.721. The van der Waals surface area contributed by atoms with Gasteiger partial charge in [0.15, 0.2) is 6.10 Å². The van der Waals surface area contributed by atoms with Gasteiger partial charge in [0, 0.05) is 6.07 Å². The maximum Gasteiger partial charge on any atom is 0.352 e. The van der Waals surface area contributed by atoms with E-state index in [1.807, 2.05) is 31.2 Å². The van der Waals surface area contributed by atoms with Crippen LogP contribution in [-0.4, -0.2) is 32.3 Å². The second-order valence-corrected chi connectivity index (χ2v) is 6.63. The van der Waals surface area contributed by atoms with Crippen molar-refractivity contribution in [2.45, 2.75) is 39.7 Å². The van der Waals surface area contributed by atoms with Crippen LogP contribution in [0.2, 0.25) is 0 Å². The smallest absolute Gasteiger partial charge is 0.352 e. The van der Waals surface area contributed by atoms with Crippen molar-refractivity contribution in [3.8, 4) is 17.2 Å². The average molecular weight is 366 g/mol. The number of aryl methyl sites for hydroxylation is 1. The molecule has 1 aromatic heterocycles. The van der Waals surface area contributed by atoms with Crippen LogP contribution in [0.15, 0.2) is 48.8 Å². The van der Waals surface area contributed by atoms with Gasteiger partial charge in [-0.3, -0.25) is 0 Å². The van der Waals surface area contributed by atoms with Gasteiger partial charge in [-0.25, -0.2) is 9.48 Å². The first-order valence-electron chi connectivity index (χ1n) is 8.76. The fourth-order valence-corrected chi connectivity index (χ4v) is 2.63. The van der Waals surface area contributed by atoms with Crippen molar-refractivity contribution >= 4 is 5.97 Å². The Hall–Kier alpha value is -3.22. The second-order valence-electron chi connectivity index (χ2n) is 6.63. The number of nitrogens with zero attached hydrogens (tertiary/aromatic N) is 4. The Labute approximate surface area is 157 Å². The number of ether oxygens (including phenoxy) is 2. The summed E-state index contributed by atoms with van der Waals surface area (Å²) >= 11 is 0. The highest BCUT2D eigenvalue weighted by molar-refractivity contribution is 5.77. The zero-order valence-electron chi connectivity index (χ0n) is 15.8. The van der Waals surface area contributed by atoms with Crippen molar-refractivity contribution < 1.29 is 14.3 Å². The van der Waals surface area contributed by atoms with E-state index in [4.69, 9.17) is 9.47 Å². The standard InChI is InChI=1S/C20H22N4O3/c1-13(2)18-9-8-14(3)10-19(18)26-15(4)20(25)27-17-7-5-6-16(11-17)24-12-21-22-23-24/h5-13,15H,1-4H3/t15-/m1/s1. The molecule has 0 unspecified atom stereocenters. The lowest BCUT2D eigenvalue weighted by atomic mass is 10.0. The van der Waals surface area contributed by atoms with Gasteiger partial charge in [-0.1, -0.05) is 32.0 Å². The largest absolute Gasteiger partial charge is 0.479 e. The predicted molar refractivity (Wildman–Crippen MR) is 100 cm³/mol. The molecule has 7 heteroatoms. The van der Waals surface area contributed by atoms with E-state index in [9.17, 15) is 4.79 Å². The number of hydrogen-bond acceptors (Lipinski definition) is 6. The highest BCUT2D eigenvalue weighted by Crippen LogP contribution is 2.28. The van der Waals surface area contributed by atoms with E-state index >= 15 is 0 Å². The van der Waals surface area contributed by atoms with Crippen LogP contribution in [-0.2, 0) is 4.79 Å². The number of hydrogen-bond donors (Lipinski definition) is 0. The highest BCUT2D eigenvalue weighted by Gasteiger charge is 2.20. The molecule has 0 radical (unpaired) electrons. The Morgan fingerprint density at radius 1 is 1.11 bits per heavy atom. The SMILES string of the molecule is Cc1ccc(C(C)C)c(O[C@H](C)C(=O)Oc2cccc(-n3cnnn3)c2)c1. The molecule has 27 heavy (non-hydrogen) atoms. The lowest BCUT2D eigenvalue weighted by molar-refractivity contribution is -0.141. The Morgan fingerprint density at radius 3 is 2.63 bits per heavy atom. The third-order valence-electron chi connectivity index (χ3n) is 4.08. The van der Waals surface area contributed by atoms with Crippen LogP contribution in [0.4, 0.5) is 0 Å². The Balaban J connectivity index is 1.72. The van der Waals surface area contributed by atoms with Crippen molar-refractivity contribution in [1.29, 1.82) is 0 Å². The first-order valence-corrected chi connectivity index (χ1v) is 8.76. The van der Waals surface area contributed by atoms with Gasteiger partial charge in [-0.05, 0) is 59.5 Å². The topological polar surface area (TPSA) is 79.1 Å². The van der Waals surface area contributed by atoms with Gasteiger partial charge in [0.2, 0.25) is 0 Å². The van der Waals surface area contributed by atoms with Crippen LogP contribution in [0.3, 0.4) is 0 Å². The molecule has 0 fully saturated rings. The van der Waals surface area contributed by atoms with Gasteiger partial charge >= 0.3 is 5.97 Å². The van der Waals surface area contributed by atoms with Gasteiger partial charge in [0.25, 0.3) is 0 Å². The maximum absolute atomic E-state index is 12.5. The third kappa shape index (κ3) is 4.49. The number of tetrazole rings is 1. The molecule has 140 valence electrons. The van der Waals surface area contributed by atoms with Crippen molar-refractivity contribution in [2.24, 2.45) is 0 Å². The van der Waals surface area contributed by atoms with Gasteiger partial charge in [-0.15, -0.1) is 5.10 Å². The van der Waals surface area contributed by atoms with Crippen LogP contribution >= 0.6 is 0 Å². The van der Waals surface area contributed by atoms with Crippen molar-refractivity contribution in [1.82, 2.24) is 20.2 Å². The minimum absolute atomic E-state index is 0.289. The molecule has 0 aliphatic rings. The van der Waals surface area contributed by atoms with E-state index in [1.165, 1.54) is 11.0 Å². The molecule has 1 atom stereocenters. The van der Waals surface area contributed by atoms with E-state index in [-0.39, 0.29) is 5.92 Å². The minimum Gasteiger partial charge on any atom is -0.479 e. The number of aromatic nitrogens is 4. The summed E-state index contributed by atoms with van der Waals surface area (Å²) in [6.45, 7) is 7.85. The normalized spacial score (nSPS) is 12.0. The number of rotatable bonds is 6. The quantitative estimate of drug-likeness (QED) is 0.491. The van der Waals surface area contributed by atoms with Gasteiger partial charge in [0.05, 0.1) is 5.69 Å². The monoisotopic (exact) mass is 366 g/mol. The molecular formula is C20H22N4O3. The summed E-state index contributed by atoms with van der Waals surface area (Å²) in [5, 5.41) is 11.0. The molecule has 0 aliphatic carbocycles. The fraction of sp³-hybridized carbons (Fsp3) is 0.300. The molecule has 0 saturated carbocycles. The second kappa shape index (κ2) is 7.99. The molecule has 0 amide bonds. The molecule has 0 bridgehead atoms. The summed E-state index contributed by atoms with van der Waals surface area (Å²) in [5.74, 6) is 0.922. The van der Waals surface area contributed by atoms with Crippen LogP contribution < -0.4 is 9.47 Å². The number of benzene rings is 2. The van der Waals surface area contributed by atoms with Crippen molar-refractivity contribution in [3.05, 3.63) is 59.9 Å². The molecule has 3 rings (SSSR count). The maximum atomic E-state index is 12.5. The Bertz CT molecular complexity index is 923. The molecule has 1 heterocycles. The lowest BCUT2D eigenvalue weighted by Gasteiger charge is -2.19. The van der Waals surface area contributed by atoms with Gasteiger partial charge in [-0.2, -0.15) is 0 Å². The molecule has 7 nitrogen and oxygen atoms in total. The summed E-state index contributed by atoms with van der Waals surface area (Å²) in [5.41, 5.74) is 2.82.